The lowest BCUT2D eigenvalue weighted by Crippen LogP contribution is -2.28. The van der Waals surface area contributed by atoms with Crippen molar-refractivity contribution in [2.45, 2.75) is 0 Å². The molecule has 0 aliphatic carbocycles. The Morgan fingerprint density at radius 1 is 1.35 bits per heavy atom. The number of furan rings is 1. The first-order valence-corrected chi connectivity index (χ1v) is 6.97. The molecule has 2 heterocycles. The maximum absolute atomic E-state index is 12.0. The average Bonchev–Trinajstić information content (AvgIpc) is 2.86. The topological polar surface area (TPSA) is 54.7 Å². The molecule has 6 heteroatoms. The van der Waals surface area contributed by atoms with Crippen LogP contribution in [0.25, 0.3) is 0 Å². The van der Waals surface area contributed by atoms with E-state index in [0.29, 0.717) is 17.0 Å². The van der Waals surface area contributed by atoms with Gasteiger partial charge >= 0.3 is 0 Å². The van der Waals surface area contributed by atoms with Crippen LogP contribution in [0.2, 0.25) is 0 Å². The molecule has 104 valence electrons. The fourth-order valence-corrected chi connectivity index (χ4v) is 2.36. The highest BCUT2D eigenvalue weighted by Crippen LogP contribution is 2.33. The molecule has 20 heavy (non-hydrogen) atoms. The molecule has 0 radical (unpaired) electrons. The molecule has 0 unspecified atom stereocenters. The Bertz CT molecular complexity index is 654. The predicted molar refractivity (Wildman–Crippen MR) is 79.6 cm³/mol. The Morgan fingerprint density at radius 2 is 2.20 bits per heavy atom. The Kier molecular flexibility index (Phi) is 3.40. The van der Waals surface area contributed by atoms with E-state index in [1.807, 2.05) is 25.2 Å². The molecule has 0 atom stereocenters. The number of ether oxygens (including phenoxy) is 1. The van der Waals surface area contributed by atoms with Crippen molar-refractivity contribution in [2.75, 3.05) is 30.4 Å². The van der Waals surface area contributed by atoms with Crippen molar-refractivity contribution in [3.05, 3.63) is 40.8 Å². The van der Waals surface area contributed by atoms with Crippen LogP contribution in [0, 0.1) is 0 Å². The Hall–Kier alpha value is -1.95. The van der Waals surface area contributed by atoms with Gasteiger partial charge in [0, 0.05) is 12.7 Å². The van der Waals surface area contributed by atoms with Crippen LogP contribution >= 0.6 is 15.9 Å². The fourth-order valence-electron chi connectivity index (χ4n) is 2.06. The number of fused-ring (bicyclic) bond motifs is 1. The zero-order valence-electron chi connectivity index (χ0n) is 10.9. The lowest BCUT2D eigenvalue weighted by molar-refractivity contribution is 0.0995. The number of carbonyl (C=O) groups excluding carboxylic acids is 1. The van der Waals surface area contributed by atoms with Crippen LogP contribution in [-0.4, -0.2) is 26.1 Å². The first kappa shape index (κ1) is 13.1. The number of hydrogen-bond donors (Lipinski definition) is 1. The second kappa shape index (κ2) is 5.20. The summed E-state index contributed by atoms with van der Waals surface area (Å²) in [4.78, 5) is 14.1. The summed E-state index contributed by atoms with van der Waals surface area (Å²) in [6, 6.07) is 8.87. The van der Waals surface area contributed by atoms with Crippen molar-refractivity contribution in [3.63, 3.8) is 0 Å². The van der Waals surface area contributed by atoms with Crippen LogP contribution in [0.15, 0.2) is 39.4 Å². The van der Waals surface area contributed by atoms with Gasteiger partial charge in [0.1, 0.15) is 12.4 Å². The third-order valence-corrected chi connectivity index (χ3v) is 3.54. The molecule has 2 aromatic rings. The van der Waals surface area contributed by atoms with E-state index in [0.717, 1.165) is 18.0 Å². The summed E-state index contributed by atoms with van der Waals surface area (Å²) in [6.07, 6.45) is 0. The zero-order valence-corrected chi connectivity index (χ0v) is 12.4. The lowest BCUT2D eigenvalue weighted by Gasteiger charge is -2.28. The number of nitrogens with one attached hydrogen (secondary N) is 1. The third kappa shape index (κ3) is 2.51. The van der Waals surface area contributed by atoms with Gasteiger partial charge < -0.3 is 19.4 Å². The first-order valence-electron chi connectivity index (χ1n) is 6.18. The van der Waals surface area contributed by atoms with Crippen LogP contribution in [-0.2, 0) is 0 Å². The largest absolute Gasteiger partial charge is 0.490 e. The average molecular weight is 337 g/mol. The summed E-state index contributed by atoms with van der Waals surface area (Å²) in [5, 5.41) is 2.81. The standard InChI is InChI=1S/C14H13BrN2O3/c1-17-6-7-19-11-3-2-9(8-10(11)17)16-14(18)12-4-5-13(15)20-12/h2-5,8H,6-7H2,1H3,(H,16,18). The van der Waals surface area contributed by atoms with Gasteiger partial charge in [0.25, 0.3) is 5.91 Å². The van der Waals surface area contributed by atoms with E-state index in [2.05, 4.69) is 26.1 Å². The van der Waals surface area contributed by atoms with Crippen molar-refractivity contribution in [1.29, 1.82) is 0 Å². The van der Waals surface area contributed by atoms with E-state index >= 15 is 0 Å². The van der Waals surface area contributed by atoms with Gasteiger partial charge in [-0.15, -0.1) is 0 Å². The predicted octanol–water partition coefficient (Wildman–Crippen LogP) is 3.12. The third-order valence-electron chi connectivity index (χ3n) is 3.11. The summed E-state index contributed by atoms with van der Waals surface area (Å²) >= 11 is 3.17. The van der Waals surface area contributed by atoms with Gasteiger partial charge in [-0.1, -0.05) is 0 Å². The molecule has 1 amide bonds. The molecular formula is C14H13BrN2O3. The summed E-state index contributed by atoms with van der Waals surface area (Å²) in [5.74, 6) is 0.812. The van der Waals surface area contributed by atoms with E-state index in [9.17, 15) is 4.79 Å². The minimum absolute atomic E-state index is 0.263. The molecule has 0 spiro atoms. The van der Waals surface area contributed by atoms with Crippen molar-refractivity contribution in [2.24, 2.45) is 0 Å². The highest BCUT2D eigenvalue weighted by molar-refractivity contribution is 9.10. The van der Waals surface area contributed by atoms with Crippen molar-refractivity contribution in [1.82, 2.24) is 0 Å². The minimum Gasteiger partial charge on any atom is -0.490 e. The van der Waals surface area contributed by atoms with Gasteiger partial charge in [0.05, 0.1) is 12.2 Å². The number of benzene rings is 1. The number of carbonyl (C=O) groups is 1. The van der Waals surface area contributed by atoms with Gasteiger partial charge in [-0.25, -0.2) is 0 Å². The van der Waals surface area contributed by atoms with Crippen molar-refractivity contribution >= 4 is 33.2 Å². The SMILES string of the molecule is CN1CCOc2ccc(NC(=O)c3ccc(Br)o3)cc21. The van der Waals surface area contributed by atoms with E-state index in [1.165, 1.54) is 0 Å². The summed E-state index contributed by atoms with van der Waals surface area (Å²) in [5.41, 5.74) is 1.67. The number of halogens is 1. The molecule has 0 saturated carbocycles. The van der Waals surface area contributed by atoms with Crippen LogP contribution < -0.4 is 15.0 Å². The van der Waals surface area contributed by atoms with Crippen LogP contribution in [0.1, 0.15) is 10.6 Å². The quantitative estimate of drug-likeness (QED) is 0.915. The second-order valence-corrected chi connectivity index (χ2v) is 5.29. The molecule has 1 N–H and O–H groups in total. The lowest BCUT2D eigenvalue weighted by atomic mass is 10.2. The van der Waals surface area contributed by atoms with Gasteiger partial charge in [0.15, 0.2) is 10.4 Å². The van der Waals surface area contributed by atoms with Crippen molar-refractivity contribution in [3.8, 4) is 5.75 Å². The van der Waals surface area contributed by atoms with Gasteiger partial charge in [-0.3, -0.25) is 4.79 Å². The monoisotopic (exact) mass is 336 g/mol. The van der Waals surface area contributed by atoms with Crippen LogP contribution in [0.3, 0.4) is 0 Å². The molecule has 0 fully saturated rings. The molecule has 5 nitrogen and oxygen atoms in total. The van der Waals surface area contributed by atoms with Gasteiger partial charge in [0.2, 0.25) is 0 Å². The molecule has 0 bridgehead atoms. The summed E-state index contributed by atoms with van der Waals surface area (Å²) < 4.78 is 11.3. The zero-order chi connectivity index (χ0) is 14.1. The van der Waals surface area contributed by atoms with Crippen LogP contribution in [0.5, 0.6) is 5.75 Å². The molecule has 1 aromatic heterocycles. The van der Waals surface area contributed by atoms with E-state index in [-0.39, 0.29) is 11.7 Å². The number of anilines is 2. The first-order chi connectivity index (χ1) is 9.63. The fraction of sp³-hybridized carbons (Fsp3) is 0.214. The molecule has 1 aliphatic heterocycles. The number of amides is 1. The number of hydrogen-bond acceptors (Lipinski definition) is 4. The van der Waals surface area contributed by atoms with Gasteiger partial charge in [-0.2, -0.15) is 0 Å². The molecule has 1 aromatic carbocycles. The van der Waals surface area contributed by atoms with E-state index in [4.69, 9.17) is 9.15 Å². The second-order valence-electron chi connectivity index (χ2n) is 4.51. The Labute approximate surface area is 124 Å². The smallest absolute Gasteiger partial charge is 0.291 e. The maximum atomic E-state index is 12.0. The molecule has 3 rings (SSSR count). The Balaban J connectivity index is 1.81. The highest BCUT2D eigenvalue weighted by atomic mass is 79.9. The molecule has 0 saturated heterocycles. The number of likely N-dealkylation sites (N-methyl/N-ethyl adjacent to an activating group) is 1. The minimum atomic E-state index is -0.282. The normalized spacial score (nSPS) is 13.6. The van der Waals surface area contributed by atoms with Gasteiger partial charge in [-0.05, 0) is 46.3 Å². The number of rotatable bonds is 2. The Morgan fingerprint density at radius 3 is 2.95 bits per heavy atom. The summed E-state index contributed by atoms with van der Waals surface area (Å²) in [6.45, 7) is 1.51. The van der Waals surface area contributed by atoms with E-state index < -0.39 is 0 Å². The summed E-state index contributed by atoms with van der Waals surface area (Å²) in [7, 11) is 2.00. The maximum Gasteiger partial charge on any atom is 0.291 e. The number of nitrogens with zero attached hydrogens (tertiary/aromatic N) is 1. The van der Waals surface area contributed by atoms with Crippen LogP contribution in [0.4, 0.5) is 11.4 Å². The van der Waals surface area contributed by atoms with E-state index in [1.54, 1.807) is 12.1 Å². The molecular weight excluding hydrogens is 324 g/mol. The molecule has 1 aliphatic rings. The highest BCUT2D eigenvalue weighted by Gasteiger charge is 2.16. The van der Waals surface area contributed by atoms with Crippen molar-refractivity contribution < 1.29 is 13.9 Å².